The van der Waals surface area contributed by atoms with Crippen LogP contribution < -0.4 is 5.32 Å². The molecule has 1 amide bonds. The van der Waals surface area contributed by atoms with Gasteiger partial charge >= 0.3 is 0 Å². The van der Waals surface area contributed by atoms with Gasteiger partial charge in [-0.3, -0.25) is 4.79 Å². The van der Waals surface area contributed by atoms with Crippen molar-refractivity contribution in [3.63, 3.8) is 0 Å². The standard InChI is InChI=1S/C13H7F2N3O/c14-9-6-8(7-16)4-5-10(9)18-13(19)11-2-1-3-12(15)17-11/h1-6H,(H,18,19). The molecule has 0 aliphatic heterocycles. The molecule has 2 rings (SSSR count). The maximum atomic E-state index is 13.5. The number of pyridine rings is 1. The summed E-state index contributed by atoms with van der Waals surface area (Å²) in [6.07, 6.45) is 0. The number of carbonyl (C=O) groups excluding carboxylic acids is 1. The highest BCUT2D eigenvalue weighted by Crippen LogP contribution is 2.16. The number of hydrogen-bond donors (Lipinski definition) is 1. The Labute approximate surface area is 107 Å². The van der Waals surface area contributed by atoms with Crippen LogP contribution in [-0.2, 0) is 0 Å². The Morgan fingerprint density at radius 1 is 1.26 bits per heavy atom. The normalized spacial score (nSPS) is 9.74. The van der Waals surface area contributed by atoms with Crippen molar-refractivity contribution in [2.45, 2.75) is 0 Å². The van der Waals surface area contributed by atoms with Crippen LogP contribution in [0, 0.1) is 23.1 Å². The van der Waals surface area contributed by atoms with E-state index in [1.54, 1.807) is 6.07 Å². The molecule has 94 valence electrons. The second kappa shape index (κ2) is 5.23. The molecule has 0 aliphatic rings. The minimum atomic E-state index is -0.798. The van der Waals surface area contributed by atoms with Crippen LogP contribution in [0.2, 0.25) is 0 Å². The molecule has 0 spiro atoms. The molecule has 6 heteroatoms. The summed E-state index contributed by atoms with van der Waals surface area (Å²) in [5.41, 5.74) is -0.127. The topological polar surface area (TPSA) is 65.8 Å². The van der Waals surface area contributed by atoms with Gasteiger partial charge in [-0.25, -0.2) is 9.37 Å². The molecular weight excluding hydrogens is 252 g/mol. The number of halogens is 2. The van der Waals surface area contributed by atoms with Gasteiger partial charge in [0.05, 0.1) is 17.3 Å². The molecule has 1 aromatic heterocycles. The highest BCUT2D eigenvalue weighted by molar-refractivity contribution is 6.02. The third-order valence-electron chi connectivity index (χ3n) is 2.29. The van der Waals surface area contributed by atoms with Crippen LogP contribution in [0.4, 0.5) is 14.5 Å². The summed E-state index contributed by atoms with van der Waals surface area (Å²) in [6.45, 7) is 0. The van der Waals surface area contributed by atoms with Crippen LogP contribution in [0.15, 0.2) is 36.4 Å². The fourth-order valence-electron chi connectivity index (χ4n) is 1.41. The van der Waals surface area contributed by atoms with Crippen LogP contribution >= 0.6 is 0 Å². The van der Waals surface area contributed by atoms with Crippen LogP contribution in [0.25, 0.3) is 0 Å². The van der Waals surface area contributed by atoms with Gasteiger partial charge in [0.15, 0.2) is 0 Å². The van der Waals surface area contributed by atoms with Crippen molar-refractivity contribution in [2.75, 3.05) is 5.32 Å². The summed E-state index contributed by atoms with van der Waals surface area (Å²) < 4.78 is 26.4. The van der Waals surface area contributed by atoms with Gasteiger partial charge in [0, 0.05) is 0 Å². The Morgan fingerprint density at radius 3 is 2.68 bits per heavy atom. The van der Waals surface area contributed by atoms with E-state index in [1.807, 2.05) is 0 Å². The summed E-state index contributed by atoms with van der Waals surface area (Å²) in [5, 5.41) is 10.8. The summed E-state index contributed by atoms with van der Waals surface area (Å²) in [6, 6.07) is 9.11. The van der Waals surface area contributed by atoms with Gasteiger partial charge in [0.25, 0.3) is 5.91 Å². The molecule has 0 saturated carbocycles. The first-order valence-electron chi connectivity index (χ1n) is 5.23. The van der Waals surface area contributed by atoms with Crippen LogP contribution in [-0.4, -0.2) is 10.9 Å². The van der Waals surface area contributed by atoms with Gasteiger partial charge < -0.3 is 5.32 Å². The van der Waals surface area contributed by atoms with E-state index < -0.39 is 17.7 Å². The molecule has 1 heterocycles. The van der Waals surface area contributed by atoms with Crippen molar-refractivity contribution in [2.24, 2.45) is 0 Å². The number of benzene rings is 1. The zero-order valence-electron chi connectivity index (χ0n) is 9.52. The molecule has 1 N–H and O–H groups in total. The number of rotatable bonds is 2. The maximum Gasteiger partial charge on any atom is 0.274 e. The van der Waals surface area contributed by atoms with Crippen molar-refractivity contribution < 1.29 is 13.6 Å². The highest BCUT2D eigenvalue weighted by Gasteiger charge is 2.11. The van der Waals surface area contributed by atoms with Gasteiger partial charge in [0.2, 0.25) is 5.95 Å². The lowest BCUT2D eigenvalue weighted by atomic mass is 10.2. The van der Waals surface area contributed by atoms with E-state index in [0.717, 1.165) is 12.1 Å². The van der Waals surface area contributed by atoms with E-state index >= 15 is 0 Å². The van der Waals surface area contributed by atoms with Gasteiger partial charge in [-0.15, -0.1) is 0 Å². The van der Waals surface area contributed by atoms with E-state index in [9.17, 15) is 13.6 Å². The SMILES string of the molecule is N#Cc1ccc(NC(=O)c2cccc(F)n2)c(F)c1. The fraction of sp³-hybridized carbons (Fsp3) is 0. The average molecular weight is 259 g/mol. The first kappa shape index (κ1) is 12.6. The predicted molar refractivity (Wildman–Crippen MR) is 63.3 cm³/mol. The van der Waals surface area contributed by atoms with E-state index in [1.165, 1.54) is 24.3 Å². The maximum absolute atomic E-state index is 13.5. The lowest BCUT2D eigenvalue weighted by molar-refractivity contribution is 0.102. The minimum absolute atomic E-state index is 0.102. The molecule has 0 atom stereocenters. The largest absolute Gasteiger partial charge is 0.318 e. The molecule has 19 heavy (non-hydrogen) atoms. The molecule has 0 saturated heterocycles. The molecule has 0 radical (unpaired) electrons. The van der Waals surface area contributed by atoms with Gasteiger partial charge in [-0.2, -0.15) is 9.65 Å². The Balaban J connectivity index is 2.22. The number of amides is 1. The first-order chi connectivity index (χ1) is 9.10. The van der Waals surface area contributed by atoms with E-state index in [4.69, 9.17) is 5.26 Å². The molecule has 1 aromatic carbocycles. The number of nitrogens with one attached hydrogen (secondary N) is 1. The third kappa shape index (κ3) is 2.90. The van der Waals surface area contributed by atoms with Crippen LogP contribution in [0.1, 0.15) is 16.1 Å². The number of nitrogens with zero attached hydrogens (tertiary/aromatic N) is 2. The molecular formula is C13H7F2N3O. The third-order valence-corrected chi connectivity index (χ3v) is 2.29. The Bertz CT molecular complexity index is 680. The molecule has 0 unspecified atom stereocenters. The Hall–Kier alpha value is -2.81. The minimum Gasteiger partial charge on any atom is -0.318 e. The second-order valence-corrected chi connectivity index (χ2v) is 3.61. The zero-order chi connectivity index (χ0) is 13.8. The highest BCUT2D eigenvalue weighted by atomic mass is 19.1. The Kier molecular flexibility index (Phi) is 3.48. The molecule has 2 aromatic rings. The van der Waals surface area contributed by atoms with Gasteiger partial charge in [-0.1, -0.05) is 6.07 Å². The zero-order valence-corrected chi connectivity index (χ0v) is 9.52. The number of nitriles is 1. The number of hydrogen-bond acceptors (Lipinski definition) is 3. The van der Waals surface area contributed by atoms with Crippen LogP contribution in [0.3, 0.4) is 0 Å². The van der Waals surface area contributed by atoms with Crippen molar-refractivity contribution in [3.8, 4) is 6.07 Å². The van der Waals surface area contributed by atoms with Crippen molar-refractivity contribution in [1.82, 2.24) is 4.98 Å². The molecule has 0 fully saturated rings. The van der Waals surface area contributed by atoms with Gasteiger partial charge in [-0.05, 0) is 30.3 Å². The summed E-state index contributed by atoms with van der Waals surface area (Å²) in [5.74, 6) is -2.28. The number of aromatic nitrogens is 1. The second-order valence-electron chi connectivity index (χ2n) is 3.61. The lowest BCUT2D eigenvalue weighted by Gasteiger charge is -2.06. The Morgan fingerprint density at radius 2 is 2.05 bits per heavy atom. The van der Waals surface area contributed by atoms with E-state index in [2.05, 4.69) is 10.3 Å². The van der Waals surface area contributed by atoms with Crippen molar-refractivity contribution >= 4 is 11.6 Å². The molecule has 4 nitrogen and oxygen atoms in total. The quantitative estimate of drug-likeness (QED) is 0.842. The van der Waals surface area contributed by atoms with Crippen molar-refractivity contribution in [3.05, 3.63) is 59.4 Å². The van der Waals surface area contributed by atoms with E-state index in [0.29, 0.717) is 0 Å². The van der Waals surface area contributed by atoms with E-state index in [-0.39, 0.29) is 16.9 Å². The average Bonchev–Trinajstić information content (AvgIpc) is 2.41. The monoisotopic (exact) mass is 259 g/mol. The fourth-order valence-corrected chi connectivity index (χ4v) is 1.41. The summed E-state index contributed by atoms with van der Waals surface area (Å²) in [7, 11) is 0. The smallest absolute Gasteiger partial charge is 0.274 e. The number of carbonyl (C=O) groups is 1. The first-order valence-corrected chi connectivity index (χ1v) is 5.23. The molecule has 0 aliphatic carbocycles. The van der Waals surface area contributed by atoms with Gasteiger partial charge in [0.1, 0.15) is 11.5 Å². The summed E-state index contributed by atoms with van der Waals surface area (Å²) >= 11 is 0. The molecule has 0 bridgehead atoms. The number of anilines is 1. The summed E-state index contributed by atoms with van der Waals surface area (Å²) in [4.78, 5) is 15.1. The van der Waals surface area contributed by atoms with Crippen LogP contribution in [0.5, 0.6) is 0 Å². The predicted octanol–water partition coefficient (Wildman–Crippen LogP) is 2.48. The van der Waals surface area contributed by atoms with Crippen molar-refractivity contribution in [1.29, 1.82) is 5.26 Å². The lowest BCUT2D eigenvalue weighted by Crippen LogP contribution is -2.15.